The van der Waals surface area contributed by atoms with Crippen LogP contribution in [-0.2, 0) is 4.79 Å². The summed E-state index contributed by atoms with van der Waals surface area (Å²) in [5, 5.41) is 2.39. The zero-order valence-electron chi connectivity index (χ0n) is 7.55. The first-order chi connectivity index (χ1) is 5.77. The molecule has 0 amide bonds. The van der Waals surface area contributed by atoms with Crippen LogP contribution in [0.25, 0.3) is 0 Å². The average molecular weight is 166 g/mol. The summed E-state index contributed by atoms with van der Waals surface area (Å²) in [6.45, 7) is 1.69. The van der Waals surface area contributed by atoms with Gasteiger partial charge in [-0.3, -0.25) is 4.79 Å². The fraction of sp³-hybridized carbons (Fsp3) is 0.700. The van der Waals surface area contributed by atoms with E-state index in [0.717, 1.165) is 18.0 Å². The molecule has 2 heterocycles. The Morgan fingerprint density at radius 1 is 1.50 bits per heavy atom. The molecule has 2 bridgehead atoms. The molecule has 2 heteroatoms. The van der Waals surface area contributed by atoms with Gasteiger partial charge in [-0.15, -0.1) is 0 Å². The number of fused-ring (bicyclic) bond motifs is 2. The Balaban J connectivity index is 2.20. The molecule has 2 nitrogen and oxygen atoms in total. The Morgan fingerprint density at radius 3 is 3.08 bits per heavy atom. The molecule has 1 fully saturated rings. The van der Waals surface area contributed by atoms with Crippen LogP contribution in [0, 0.1) is 0 Å². The molecule has 2 atom stereocenters. The van der Waals surface area contributed by atoms with Crippen molar-refractivity contribution in [2.75, 3.05) is 0 Å². The highest BCUT2D eigenvalue weighted by Crippen LogP contribution is 2.20. The lowest BCUT2D eigenvalue weighted by atomic mass is 9.98. The van der Waals surface area contributed by atoms with Crippen molar-refractivity contribution in [3.63, 3.8) is 0 Å². The molecule has 0 aromatic carbocycles. The number of rotatable bonds is 1. The number of quaternary nitrogens is 1. The minimum absolute atomic E-state index is 0.277. The zero-order valence-corrected chi connectivity index (χ0v) is 7.55. The molecule has 2 aliphatic heterocycles. The molecule has 2 N–H and O–H groups in total. The van der Waals surface area contributed by atoms with E-state index in [0.29, 0.717) is 6.04 Å². The van der Waals surface area contributed by atoms with E-state index in [9.17, 15) is 4.79 Å². The summed E-state index contributed by atoms with van der Waals surface area (Å²) in [6, 6.07) is 1.29. The first-order valence-corrected chi connectivity index (χ1v) is 4.83. The highest BCUT2D eigenvalue weighted by molar-refractivity contribution is 5.94. The Hall–Kier alpha value is -0.630. The lowest BCUT2D eigenvalue weighted by Crippen LogP contribution is -2.91. The predicted molar refractivity (Wildman–Crippen MR) is 46.7 cm³/mol. The van der Waals surface area contributed by atoms with E-state index >= 15 is 0 Å². The number of ketones is 1. The van der Waals surface area contributed by atoms with Crippen molar-refractivity contribution in [3.8, 4) is 0 Å². The van der Waals surface area contributed by atoms with Crippen molar-refractivity contribution >= 4 is 5.78 Å². The highest BCUT2D eigenvalue weighted by atomic mass is 16.1. The van der Waals surface area contributed by atoms with Gasteiger partial charge >= 0.3 is 0 Å². The number of allylic oxidation sites excluding steroid dienone is 1. The van der Waals surface area contributed by atoms with Crippen molar-refractivity contribution < 1.29 is 10.1 Å². The van der Waals surface area contributed by atoms with Crippen LogP contribution >= 0.6 is 0 Å². The number of Topliss-reactive ketones (excluding diaryl/α,β-unsaturated/α-hetero) is 1. The van der Waals surface area contributed by atoms with Gasteiger partial charge in [-0.1, -0.05) is 6.08 Å². The molecule has 0 aromatic heterocycles. The van der Waals surface area contributed by atoms with Crippen LogP contribution in [0.4, 0.5) is 0 Å². The lowest BCUT2D eigenvalue weighted by Gasteiger charge is -2.08. The van der Waals surface area contributed by atoms with Crippen LogP contribution in [0.2, 0.25) is 0 Å². The van der Waals surface area contributed by atoms with E-state index in [1.807, 2.05) is 0 Å². The normalized spacial score (nSPS) is 34.2. The molecule has 0 radical (unpaired) electrons. The SMILES string of the molecule is CC(=O)C1=CCCC2CCC1[NH2+]2. The third-order valence-corrected chi connectivity index (χ3v) is 3.06. The monoisotopic (exact) mass is 166 g/mol. The number of carbonyl (C=O) groups excluding carboxylic acids is 1. The van der Waals surface area contributed by atoms with Gasteiger partial charge in [0.25, 0.3) is 0 Å². The van der Waals surface area contributed by atoms with Crippen LogP contribution < -0.4 is 5.32 Å². The second kappa shape index (κ2) is 3.02. The molecule has 2 unspecified atom stereocenters. The number of carbonyl (C=O) groups is 1. The predicted octanol–water partition coefficient (Wildman–Crippen LogP) is 0.390. The molecule has 1 saturated heterocycles. The van der Waals surface area contributed by atoms with Crippen molar-refractivity contribution in [3.05, 3.63) is 11.6 Å². The van der Waals surface area contributed by atoms with Gasteiger partial charge in [0.05, 0.1) is 6.04 Å². The minimum Gasteiger partial charge on any atom is -0.338 e. The van der Waals surface area contributed by atoms with Crippen molar-refractivity contribution in [1.82, 2.24) is 0 Å². The largest absolute Gasteiger partial charge is 0.338 e. The Labute approximate surface area is 73.0 Å². The summed E-state index contributed by atoms with van der Waals surface area (Å²) < 4.78 is 0. The lowest BCUT2D eigenvalue weighted by molar-refractivity contribution is -0.692. The number of hydrogen-bond acceptors (Lipinski definition) is 1. The topological polar surface area (TPSA) is 33.7 Å². The van der Waals surface area contributed by atoms with Crippen molar-refractivity contribution in [2.24, 2.45) is 0 Å². The van der Waals surface area contributed by atoms with Crippen LogP contribution in [-0.4, -0.2) is 17.9 Å². The molecule has 0 saturated carbocycles. The minimum atomic E-state index is 0.277. The average Bonchev–Trinajstić information content (AvgIpc) is 2.30. The third-order valence-electron chi connectivity index (χ3n) is 3.06. The summed E-state index contributed by atoms with van der Waals surface area (Å²) in [5.41, 5.74) is 1.08. The molecule has 2 aliphatic rings. The van der Waals surface area contributed by atoms with E-state index in [4.69, 9.17) is 0 Å². The molecular weight excluding hydrogens is 150 g/mol. The van der Waals surface area contributed by atoms with Crippen LogP contribution in [0.15, 0.2) is 11.6 Å². The molecule has 0 aromatic rings. The summed E-state index contributed by atoms with van der Waals surface area (Å²) in [5.74, 6) is 0.277. The Bertz CT molecular complexity index is 232. The molecule has 0 aliphatic carbocycles. The van der Waals surface area contributed by atoms with E-state index in [-0.39, 0.29) is 5.78 Å². The van der Waals surface area contributed by atoms with Crippen molar-refractivity contribution in [2.45, 2.75) is 44.7 Å². The van der Waals surface area contributed by atoms with Gasteiger partial charge in [0, 0.05) is 24.8 Å². The first-order valence-electron chi connectivity index (χ1n) is 4.83. The van der Waals surface area contributed by atoms with E-state index in [1.165, 1.54) is 19.3 Å². The molecule has 0 spiro atoms. The van der Waals surface area contributed by atoms with Gasteiger partial charge < -0.3 is 5.32 Å². The zero-order chi connectivity index (χ0) is 8.55. The maximum absolute atomic E-state index is 11.3. The smallest absolute Gasteiger partial charge is 0.161 e. The van der Waals surface area contributed by atoms with Gasteiger partial charge in [0.2, 0.25) is 0 Å². The van der Waals surface area contributed by atoms with Crippen LogP contribution in [0.3, 0.4) is 0 Å². The molecule has 2 rings (SSSR count). The number of hydrogen-bond donors (Lipinski definition) is 1. The first kappa shape index (κ1) is 7.99. The van der Waals surface area contributed by atoms with Gasteiger partial charge in [0.1, 0.15) is 6.04 Å². The second-order valence-corrected chi connectivity index (χ2v) is 3.93. The maximum atomic E-state index is 11.3. The molecular formula is C10H16NO+. The summed E-state index contributed by atoms with van der Waals surface area (Å²) in [4.78, 5) is 11.3. The molecule has 66 valence electrons. The fourth-order valence-corrected chi connectivity index (χ4v) is 2.42. The number of nitrogens with two attached hydrogens (primary N) is 1. The van der Waals surface area contributed by atoms with Crippen LogP contribution in [0.5, 0.6) is 0 Å². The summed E-state index contributed by atoms with van der Waals surface area (Å²) in [7, 11) is 0. The van der Waals surface area contributed by atoms with Gasteiger partial charge in [-0.2, -0.15) is 0 Å². The van der Waals surface area contributed by atoms with Gasteiger partial charge in [0.15, 0.2) is 5.78 Å². The standard InChI is InChI=1S/C10H15NO/c1-7(12)9-4-2-3-8-5-6-10(9)11-8/h4,8,10-11H,2-3,5-6H2,1H3/p+1. The second-order valence-electron chi connectivity index (χ2n) is 3.93. The maximum Gasteiger partial charge on any atom is 0.161 e. The Kier molecular flexibility index (Phi) is 2.01. The molecule has 12 heavy (non-hydrogen) atoms. The van der Waals surface area contributed by atoms with E-state index in [2.05, 4.69) is 11.4 Å². The van der Waals surface area contributed by atoms with Gasteiger partial charge in [-0.25, -0.2) is 0 Å². The fourth-order valence-electron chi connectivity index (χ4n) is 2.42. The van der Waals surface area contributed by atoms with E-state index in [1.54, 1.807) is 6.92 Å². The highest BCUT2D eigenvalue weighted by Gasteiger charge is 2.33. The quantitative estimate of drug-likeness (QED) is 0.600. The van der Waals surface area contributed by atoms with Gasteiger partial charge in [-0.05, 0) is 13.3 Å². The van der Waals surface area contributed by atoms with E-state index < -0.39 is 0 Å². The summed E-state index contributed by atoms with van der Waals surface area (Å²) >= 11 is 0. The van der Waals surface area contributed by atoms with Crippen LogP contribution in [0.1, 0.15) is 32.6 Å². The summed E-state index contributed by atoms with van der Waals surface area (Å²) in [6.07, 6.45) is 7.02. The Morgan fingerprint density at radius 2 is 2.33 bits per heavy atom. The van der Waals surface area contributed by atoms with Crippen molar-refractivity contribution in [1.29, 1.82) is 0 Å². The third kappa shape index (κ3) is 1.31.